The second-order valence-corrected chi connectivity index (χ2v) is 4.30. The van der Waals surface area contributed by atoms with Gasteiger partial charge in [0.05, 0.1) is 9.75 Å². The minimum atomic E-state index is -2.82. The van der Waals surface area contributed by atoms with Crippen molar-refractivity contribution in [1.82, 2.24) is 0 Å². The third-order valence-electron chi connectivity index (χ3n) is 2.07. The van der Waals surface area contributed by atoms with Crippen LogP contribution >= 0.6 is 15.9 Å². The van der Waals surface area contributed by atoms with Crippen LogP contribution in [0.3, 0.4) is 0 Å². The van der Waals surface area contributed by atoms with Crippen molar-refractivity contribution < 1.29 is 18.5 Å². The van der Waals surface area contributed by atoms with E-state index in [1.54, 1.807) is 0 Å². The molecule has 17 heavy (non-hydrogen) atoms. The molecule has 1 aromatic carbocycles. The lowest BCUT2D eigenvalue weighted by Crippen LogP contribution is -2.03. The molecule has 0 heterocycles. The number of non-ortho nitro benzene ring substituents is 1. The van der Waals surface area contributed by atoms with Gasteiger partial charge >= 0.3 is 0 Å². The number of hydrogen-bond acceptors (Lipinski definition) is 3. The van der Waals surface area contributed by atoms with E-state index in [4.69, 9.17) is 0 Å². The SMILES string of the molecule is CC(=O)C(Br)c1cc(C(F)F)cc([N+](=O)[O-])c1. The molecular formula is C10H8BrF2NO3. The van der Waals surface area contributed by atoms with Crippen molar-refractivity contribution in [3.63, 3.8) is 0 Å². The molecule has 1 unspecified atom stereocenters. The highest BCUT2D eigenvalue weighted by Gasteiger charge is 2.20. The first kappa shape index (κ1) is 13.7. The fraction of sp³-hybridized carbons (Fsp3) is 0.300. The summed E-state index contributed by atoms with van der Waals surface area (Å²) in [6.45, 7) is 1.26. The summed E-state index contributed by atoms with van der Waals surface area (Å²) in [4.78, 5) is 20.1. The van der Waals surface area contributed by atoms with Crippen molar-refractivity contribution >= 4 is 27.4 Å². The molecule has 0 saturated carbocycles. The molecule has 1 rings (SSSR count). The van der Waals surface area contributed by atoms with Gasteiger partial charge in [-0.25, -0.2) is 8.78 Å². The van der Waals surface area contributed by atoms with E-state index in [1.165, 1.54) is 6.92 Å². The highest BCUT2D eigenvalue weighted by atomic mass is 79.9. The van der Waals surface area contributed by atoms with E-state index in [-0.39, 0.29) is 11.3 Å². The normalized spacial score (nSPS) is 12.5. The number of nitro benzene ring substituents is 1. The summed E-state index contributed by atoms with van der Waals surface area (Å²) < 4.78 is 25.1. The molecule has 7 heteroatoms. The van der Waals surface area contributed by atoms with E-state index < -0.39 is 27.4 Å². The summed E-state index contributed by atoms with van der Waals surface area (Å²) in [7, 11) is 0. The average Bonchev–Trinajstić information content (AvgIpc) is 2.27. The first-order valence-corrected chi connectivity index (χ1v) is 5.46. The van der Waals surface area contributed by atoms with Crippen molar-refractivity contribution in [2.45, 2.75) is 18.2 Å². The molecule has 0 bridgehead atoms. The van der Waals surface area contributed by atoms with E-state index in [2.05, 4.69) is 15.9 Å². The Balaban J connectivity index is 3.31. The molecule has 0 aliphatic carbocycles. The van der Waals surface area contributed by atoms with Gasteiger partial charge in [0.2, 0.25) is 0 Å². The molecule has 0 aliphatic heterocycles. The number of halogens is 3. The Morgan fingerprint density at radius 2 is 1.88 bits per heavy atom. The molecule has 0 radical (unpaired) electrons. The van der Waals surface area contributed by atoms with Gasteiger partial charge in [0.15, 0.2) is 0 Å². The van der Waals surface area contributed by atoms with Crippen LogP contribution in [0.15, 0.2) is 18.2 Å². The predicted octanol–water partition coefficient (Wildman–Crippen LogP) is 3.56. The van der Waals surface area contributed by atoms with Gasteiger partial charge in [-0.3, -0.25) is 14.9 Å². The maximum atomic E-state index is 12.5. The van der Waals surface area contributed by atoms with Crippen LogP contribution in [0.4, 0.5) is 14.5 Å². The van der Waals surface area contributed by atoms with E-state index in [1.807, 2.05) is 0 Å². The number of nitro groups is 1. The summed E-state index contributed by atoms with van der Waals surface area (Å²) >= 11 is 3.00. The fourth-order valence-electron chi connectivity index (χ4n) is 1.27. The number of benzene rings is 1. The number of Topliss-reactive ketones (excluding diaryl/α,β-unsaturated/α-hetero) is 1. The Labute approximate surface area is 104 Å². The number of hydrogen-bond donors (Lipinski definition) is 0. The van der Waals surface area contributed by atoms with Crippen LogP contribution in [-0.4, -0.2) is 10.7 Å². The lowest BCUT2D eigenvalue weighted by molar-refractivity contribution is -0.385. The lowest BCUT2D eigenvalue weighted by atomic mass is 10.1. The van der Waals surface area contributed by atoms with E-state index in [0.717, 1.165) is 18.2 Å². The Hall–Kier alpha value is -1.37. The maximum Gasteiger partial charge on any atom is 0.270 e. The molecule has 0 fully saturated rings. The second kappa shape index (κ2) is 5.31. The molecule has 1 aromatic rings. The standard InChI is InChI=1S/C10H8BrF2NO3/c1-5(15)9(11)6-2-7(10(12)13)4-8(3-6)14(16)17/h2-4,9-10H,1H3. The van der Waals surface area contributed by atoms with Crippen molar-refractivity contribution in [3.05, 3.63) is 39.4 Å². The number of alkyl halides is 3. The van der Waals surface area contributed by atoms with Crippen molar-refractivity contribution in [2.75, 3.05) is 0 Å². The van der Waals surface area contributed by atoms with Crippen LogP contribution < -0.4 is 0 Å². The molecule has 0 aromatic heterocycles. The van der Waals surface area contributed by atoms with E-state index in [9.17, 15) is 23.7 Å². The van der Waals surface area contributed by atoms with Gasteiger partial charge in [0.25, 0.3) is 12.1 Å². The Bertz CT molecular complexity index is 465. The summed E-state index contributed by atoms with van der Waals surface area (Å²) in [5.41, 5.74) is -0.773. The third-order valence-corrected chi connectivity index (χ3v) is 3.25. The molecule has 0 N–H and O–H groups in total. The predicted molar refractivity (Wildman–Crippen MR) is 60.4 cm³/mol. The van der Waals surface area contributed by atoms with Gasteiger partial charge < -0.3 is 0 Å². The zero-order valence-corrected chi connectivity index (χ0v) is 10.3. The lowest BCUT2D eigenvalue weighted by Gasteiger charge is -2.08. The first-order chi connectivity index (χ1) is 7.82. The second-order valence-electron chi connectivity index (χ2n) is 3.39. The minimum absolute atomic E-state index is 0.155. The molecule has 0 aliphatic rings. The van der Waals surface area contributed by atoms with Crippen LogP contribution in [0, 0.1) is 10.1 Å². The number of nitrogens with zero attached hydrogens (tertiary/aromatic N) is 1. The maximum absolute atomic E-state index is 12.5. The van der Waals surface area contributed by atoms with E-state index >= 15 is 0 Å². The summed E-state index contributed by atoms with van der Waals surface area (Å²) in [5, 5.41) is 10.6. The molecule has 1 atom stereocenters. The zero-order chi connectivity index (χ0) is 13.2. The van der Waals surface area contributed by atoms with E-state index in [0.29, 0.717) is 0 Å². The monoisotopic (exact) mass is 307 g/mol. The largest absolute Gasteiger partial charge is 0.298 e. The van der Waals surface area contributed by atoms with Gasteiger partial charge in [0, 0.05) is 17.7 Å². The third kappa shape index (κ3) is 3.29. The Morgan fingerprint density at radius 1 is 1.35 bits per heavy atom. The zero-order valence-electron chi connectivity index (χ0n) is 8.69. The summed E-state index contributed by atoms with van der Waals surface area (Å²) in [6.07, 6.45) is -2.82. The average molecular weight is 308 g/mol. The number of carbonyl (C=O) groups excluding carboxylic acids is 1. The van der Waals surface area contributed by atoms with Crippen LogP contribution in [-0.2, 0) is 4.79 Å². The molecule has 0 saturated heterocycles. The number of ketones is 1. The highest BCUT2D eigenvalue weighted by Crippen LogP contribution is 2.31. The van der Waals surface area contributed by atoms with Crippen LogP contribution in [0.5, 0.6) is 0 Å². The first-order valence-electron chi connectivity index (χ1n) is 4.55. The summed E-state index contributed by atoms with van der Waals surface area (Å²) in [5.74, 6) is -0.314. The van der Waals surface area contributed by atoms with Gasteiger partial charge in [0.1, 0.15) is 5.78 Å². The highest BCUT2D eigenvalue weighted by molar-refractivity contribution is 9.09. The van der Waals surface area contributed by atoms with Crippen LogP contribution in [0.25, 0.3) is 0 Å². The molecular weight excluding hydrogens is 300 g/mol. The van der Waals surface area contributed by atoms with Crippen molar-refractivity contribution in [3.8, 4) is 0 Å². The van der Waals surface area contributed by atoms with Crippen LogP contribution in [0.2, 0.25) is 0 Å². The molecule has 0 spiro atoms. The fourth-order valence-corrected chi connectivity index (χ4v) is 1.54. The molecule has 92 valence electrons. The Kier molecular flexibility index (Phi) is 4.28. The number of carbonyl (C=O) groups is 1. The van der Waals surface area contributed by atoms with Crippen LogP contribution in [0.1, 0.15) is 29.3 Å². The smallest absolute Gasteiger partial charge is 0.270 e. The molecule has 0 amide bonds. The van der Waals surface area contributed by atoms with Crippen molar-refractivity contribution in [1.29, 1.82) is 0 Å². The Morgan fingerprint density at radius 3 is 2.29 bits per heavy atom. The van der Waals surface area contributed by atoms with Gasteiger partial charge in [-0.1, -0.05) is 15.9 Å². The van der Waals surface area contributed by atoms with Crippen molar-refractivity contribution in [2.24, 2.45) is 0 Å². The molecule has 4 nitrogen and oxygen atoms in total. The van der Waals surface area contributed by atoms with Gasteiger partial charge in [-0.15, -0.1) is 0 Å². The van der Waals surface area contributed by atoms with Gasteiger partial charge in [-0.05, 0) is 18.6 Å². The topological polar surface area (TPSA) is 60.2 Å². The summed E-state index contributed by atoms with van der Waals surface area (Å²) in [6, 6.07) is 2.99. The quantitative estimate of drug-likeness (QED) is 0.485. The minimum Gasteiger partial charge on any atom is -0.298 e. The van der Waals surface area contributed by atoms with Gasteiger partial charge in [-0.2, -0.15) is 0 Å². The number of rotatable bonds is 4.